The van der Waals surface area contributed by atoms with Crippen molar-refractivity contribution in [2.75, 3.05) is 16.0 Å². The van der Waals surface area contributed by atoms with Gasteiger partial charge in [0.2, 0.25) is 11.8 Å². The second-order valence-corrected chi connectivity index (χ2v) is 7.01. The smallest absolute Gasteiger partial charge is 0.238 e. The molecule has 1 fully saturated rings. The van der Waals surface area contributed by atoms with Crippen LogP contribution in [0.3, 0.4) is 0 Å². The van der Waals surface area contributed by atoms with Crippen molar-refractivity contribution in [3.05, 3.63) is 59.7 Å². The van der Waals surface area contributed by atoms with E-state index < -0.39 is 17.0 Å². The van der Waals surface area contributed by atoms with E-state index >= 15 is 0 Å². The monoisotopic (exact) mass is 376 g/mol. The Balaban J connectivity index is 1.83. The van der Waals surface area contributed by atoms with Crippen molar-refractivity contribution in [1.82, 2.24) is 0 Å². The van der Waals surface area contributed by atoms with E-state index in [-0.39, 0.29) is 23.3 Å². The molecule has 2 amide bonds. The highest BCUT2D eigenvalue weighted by molar-refractivity contribution is 8.00. The topological polar surface area (TPSA) is 49.4 Å². The molecule has 4 nitrogen and oxygen atoms in total. The summed E-state index contributed by atoms with van der Waals surface area (Å²) in [6, 6.07) is 10.3. The van der Waals surface area contributed by atoms with E-state index in [1.54, 1.807) is 24.3 Å². The molecule has 1 unspecified atom stereocenters. The van der Waals surface area contributed by atoms with E-state index in [4.69, 9.17) is 0 Å². The third kappa shape index (κ3) is 3.88. The predicted molar refractivity (Wildman–Crippen MR) is 99.0 cm³/mol. The number of rotatable bonds is 5. The summed E-state index contributed by atoms with van der Waals surface area (Å²) in [5.41, 5.74) is 1.53. The number of carbonyl (C=O) groups excluding carboxylic acids is 2. The van der Waals surface area contributed by atoms with E-state index in [9.17, 15) is 18.4 Å². The Bertz CT molecular complexity index is 827. The number of anilines is 2. The van der Waals surface area contributed by atoms with Gasteiger partial charge in [0.25, 0.3) is 0 Å². The maximum absolute atomic E-state index is 14.2. The van der Waals surface area contributed by atoms with E-state index in [0.717, 1.165) is 24.1 Å². The van der Waals surface area contributed by atoms with Gasteiger partial charge >= 0.3 is 0 Å². The molecule has 7 heteroatoms. The summed E-state index contributed by atoms with van der Waals surface area (Å²) in [5.74, 6) is -1.52. The van der Waals surface area contributed by atoms with Crippen molar-refractivity contribution in [1.29, 1.82) is 0 Å². The molecule has 1 saturated heterocycles. The Morgan fingerprint density at radius 1 is 1.23 bits per heavy atom. The fourth-order valence-corrected chi connectivity index (χ4v) is 3.96. The Morgan fingerprint density at radius 2 is 1.96 bits per heavy atom. The number of thioether (sulfide) groups is 1. The van der Waals surface area contributed by atoms with E-state index in [2.05, 4.69) is 5.32 Å². The lowest BCUT2D eigenvalue weighted by Gasteiger charge is -2.25. The van der Waals surface area contributed by atoms with Crippen molar-refractivity contribution >= 4 is 35.0 Å². The lowest BCUT2D eigenvalue weighted by atomic mass is 10.1. The Labute approximate surface area is 154 Å². The molecule has 1 aliphatic rings. The lowest BCUT2D eigenvalue weighted by molar-refractivity contribution is -0.116. The molecule has 2 aromatic carbocycles. The average Bonchev–Trinajstić information content (AvgIpc) is 2.97. The lowest BCUT2D eigenvalue weighted by Crippen LogP contribution is -2.28. The quantitative estimate of drug-likeness (QED) is 0.837. The molecule has 1 N–H and O–H groups in total. The largest absolute Gasteiger partial charge is 0.326 e. The maximum atomic E-state index is 14.2. The van der Waals surface area contributed by atoms with Gasteiger partial charge in [-0.1, -0.05) is 19.1 Å². The van der Waals surface area contributed by atoms with Crippen LogP contribution in [0.5, 0.6) is 0 Å². The summed E-state index contributed by atoms with van der Waals surface area (Å²) < 4.78 is 27.3. The van der Waals surface area contributed by atoms with Gasteiger partial charge < -0.3 is 5.32 Å². The molecule has 2 aromatic rings. The van der Waals surface area contributed by atoms with Gasteiger partial charge in [-0.25, -0.2) is 8.78 Å². The summed E-state index contributed by atoms with van der Waals surface area (Å²) in [5, 5.41) is 2.40. The fourth-order valence-electron chi connectivity index (χ4n) is 2.79. The maximum Gasteiger partial charge on any atom is 0.238 e. The molecule has 1 atom stereocenters. The minimum Gasteiger partial charge on any atom is -0.326 e. The zero-order chi connectivity index (χ0) is 18.7. The summed E-state index contributed by atoms with van der Waals surface area (Å²) in [6.45, 7) is 1.93. The van der Waals surface area contributed by atoms with Crippen molar-refractivity contribution in [2.24, 2.45) is 0 Å². The number of halogens is 2. The molecule has 1 heterocycles. The highest BCUT2D eigenvalue weighted by atomic mass is 32.2. The van der Waals surface area contributed by atoms with Gasteiger partial charge in [0, 0.05) is 18.2 Å². The molecular formula is C19H18F2N2O2S. The van der Waals surface area contributed by atoms with E-state index in [1.165, 1.54) is 22.7 Å². The molecule has 0 aromatic heterocycles. The fraction of sp³-hybridized carbons (Fsp3) is 0.263. The second-order valence-electron chi connectivity index (χ2n) is 5.94. The van der Waals surface area contributed by atoms with Crippen LogP contribution < -0.4 is 10.2 Å². The summed E-state index contributed by atoms with van der Waals surface area (Å²) in [6.07, 6.45) is 1.22. The van der Waals surface area contributed by atoms with Crippen molar-refractivity contribution in [3.63, 3.8) is 0 Å². The van der Waals surface area contributed by atoms with Crippen molar-refractivity contribution in [3.8, 4) is 0 Å². The first-order chi connectivity index (χ1) is 12.5. The predicted octanol–water partition coefficient (Wildman–Crippen LogP) is 4.48. The summed E-state index contributed by atoms with van der Waals surface area (Å²) in [7, 11) is 0. The molecule has 0 radical (unpaired) electrons. The Kier molecular flexibility index (Phi) is 5.56. The molecular weight excluding hydrogens is 358 g/mol. The van der Waals surface area contributed by atoms with Crippen LogP contribution in [-0.2, 0) is 9.59 Å². The third-order valence-corrected chi connectivity index (χ3v) is 5.21. The molecule has 1 aliphatic heterocycles. The molecule has 0 spiro atoms. The number of carbonyl (C=O) groups is 2. The summed E-state index contributed by atoms with van der Waals surface area (Å²) >= 11 is 1.38. The van der Waals surface area contributed by atoms with Crippen LogP contribution in [0.15, 0.2) is 42.5 Å². The SMILES string of the molecule is CCCC(=O)Nc1ccc(C2SCC(=O)N2c2ccc(F)cc2F)cc1. The summed E-state index contributed by atoms with van der Waals surface area (Å²) in [4.78, 5) is 25.3. The number of hydrogen-bond donors (Lipinski definition) is 1. The van der Waals surface area contributed by atoms with E-state index in [0.29, 0.717) is 12.1 Å². The van der Waals surface area contributed by atoms with Crippen LogP contribution >= 0.6 is 11.8 Å². The first kappa shape index (κ1) is 18.4. The molecule has 0 bridgehead atoms. The highest BCUT2D eigenvalue weighted by Gasteiger charge is 2.35. The first-order valence-electron chi connectivity index (χ1n) is 8.28. The van der Waals surface area contributed by atoms with Gasteiger partial charge in [-0.15, -0.1) is 11.8 Å². The van der Waals surface area contributed by atoms with Gasteiger partial charge in [0.05, 0.1) is 11.4 Å². The van der Waals surface area contributed by atoms with Crippen LogP contribution in [0.4, 0.5) is 20.2 Å². The minimum absolute atomic E-state index is 0.0549. The van der Waals surface area contributed by atoms with Crippen LogP contribution in [0.2, 0.25) is 0 Å². The first-order valence-corrected chi connectivity index (χ1v) is 9.33. The van der Waals surface area contributed by atoms with Gasteiger partial charge in [-0.3, -0.25) is 14.5 Å². The number of nitrogens with one attached hydrogen (secondary N) is 1. The number of nitrogens with zero attached hydrogens (tertiary/aromatic N) is 1. The van der Waals surface area contributed by atoms with Crippen LogP contribution in [0.25, 0.3) is 0 Å². The third-order valence-electron chi connectivity index (χ3n) is 3.99. The van der Waals surface area contributed by atoms with E-state index in [1.807, 2.05) is 6.92 Å². The molecule has 3 rings (SSSR count). The zero-order valence-electron chi connectivity index (χ0n) is 14.2. The van der Waals surface area contributed by atoms with Crippen molar-refractivity contribution < 1.29 is 18.4 Å². The average molecular weight is 376 g/mol. The standard InChI is InChI=1S/C19H18F2N2O2S/c1-2-3-17(24)22-14-7-4-12(5-8-14)19-23(18(25)11-26-19)16-9-6-13(20)10-15(16)21/h4-10,19H,2-3,11H2,1H3,(H,22,24). The Hall–Kier alpha value is -2.41. The van der Waals surface area contributed by atoms with Gasteiger partial charge in [-0.2, -0.15) is 0 Å². The van der Waals surface area contributed by atoms with Crippen LogP contribution in [0.1, 0.15) is 30.7 Å². The van der Waals surface area contributed by atoms with Crippen LogP contribution in [0, 0.1) is 11.6 Å². The van der Waals surface area contributed by atoms with Gasteiger partial charge in [0.15, 0.2) is 0 Å². The molecule has 0 aliphatic carbocycles. The number of benzene rings is 2. The minimum atomic E-state index is -0.769. The van der Waals surface area contributed by atoms with Gasteiger partial charge in [0.1, 0.15) is 17.0 Å². The number of hydrogen-bond acceptors (Lipinski definition) is 3. The van der Waals surface area contributed by atoms with Crippen molar-refractivity contribution in [2.45, 2.75) is 25.1 Å². The normalized spacial score (nSPS) is 16.8. The Morgan fingerprint density at radius 3 is 2.62 bits per heavy atom. The van der Waals surface area contributed by atoms with Gasteiger partial charge in [-0.05, 0) is 36.2 Å². The zero-order valence-corrected chi connectivity index (χ0v) is 15.0. The highest BCUT2D eigenvalue weighted by Crippen LogP contribution is 2.42. The molecule has 136 valence electrons. The number of amides is 2. The van der Waals surface area contributed by atoms with Crippen LogP contribution in [-0.4, -0.2) is 17.6 Å². The second kappa shape index (κ2) is 7.86. The molecule has 26 heavy (non-hydrogen) atoms. The molecule has 0 saturated carbocycles.